The van der Waals surface area contributed by atoms with Gasteiger partial charge in [-0.2, -0.15) is 0 Å². The molecular formula is C9H16N4O. The lowest BCUT2D eigenvalue weighted by molar-refractivity contribution is 0.376. The normalized spacial score (nSPS) is 18.5. The third-order valence-electron chi connectivity index (χ3n) is 3.15. The molecular weight excluding hydrogens is 180 g/mol. The van der Waals surface area contributed by atoms with Gasteiger partial charge < -0.3 is 15.5 Å². The van der Waals surface area contributed by atoms with Crippen LogP contribution in [0.2, 0.25) is 0 Å². The molecule has 0 saturated heterocycles. The van der Waals surface area contributed by atoms with Gasteiger partial charge in [0.05, 0.1) is 0 Å². The van der Waals surface area contributed by atoms with Crippen molar-refractivity contribution in [3.8, 4) is 0 Å². The maximum absolute atomic E-state index is 5.31. The summed E-state index contributed by atoms with van der Waals surface area (Å²) in [4.78, 5) is 0. The molecule has 2 rings (SSSR count). The van der Waals surface area contributed by atoms with Gasteiger partial charge >= 0.3 is 12.0 Å². The molecule has 0 bridgehead atoms. The van der Waals surface area contributed by atoms with E-state index < -0.39 is 0 Å². The van der Waals surface area contributed by atoms with E-state index in [0.29, 0.717) is 17.3 Å². The van der Waals surface area contributed by atoms with Crippen molar-refractivity contribution in [2.75, 3.05) is 17.6 Å². The Morgan fingerprint density at radius 1 is 1.50 bits per heavy atom. The molecule has 0 amide bonds. The fraction of sp³-hybridized carbons (Fsp3) is 0.778. The Balaban J connectivity index is 1.89. The van der Waals surface area contributed by atoms with E-state index in [1.165, 1.54) is 12.8 Å². The number of nitrogens with zero attached hydrogens (tertiary/aromatic N) is 2. The second-order valence-corrected chi connectivity index (χ2v) is 4.32. The van der Waals surface area contributed by atoms with Gasteiger partial charge in [0.2, 0.25) is 0 Å². The number of nitrogen functional groups attached to an aromatic ring is 1. The number of hydrogen-bond donors (Lipinski definition) is 2. The van der Waals surface area contributed by atoms with E-state index in [1.807, 2.05) is 0 Å². The van der Waals surface area contributed by atoms with Crippen LogP contribution in [0, 0.1) is 11.3 Å². The molecule has 78 valence electrons. The highest BCUT2D eigenvalue weighted by molar-refractivity contribution is 5.24. The van der Waals surface area contributed by atoms with Gasteiger partial charge in [-0.05, 0) is 24.2 Å². The molecule has 0 aromatic carbocycles. The topological polar surface area (TPSA) is 77.0 Å². The first kappa shape index (κ1) is 9.30. The minimum absolute atomic E-state index is 0.113. The van der Waals surface area contributed by atoms with Crippen molar-refractivity contribution in [3.63, 3.8) is 0 Å². The average Bonchev–Trinajstić information content (AvgIpc) is 2.82. The molecule has 1 aliphatic carbocycles. The van der Waals surface area contributed by atoms with Crippen LogP contribution in [0.1, 0.15) is 26.7 Å². The molecule has 0 unspecified atom stereocenters. The first-order valence-electron chi connectivity index (χ1n) is 4.95. The number of nitrogens with two attached hydrogens (primary N) is 1. The lowest BCUT2D eigenvalue weighted by Crippen LogP contribution is -2.20. The molecule has 1 heterocycles. The van der Waals surface area contributed by atoms with Crippen molar-refractivity contribution in [1.29, 1.82) is 0 Å². The third-order valence-corrected chi connectivity index (χ3v) is 3.15. The number of nitrogens with one attached hydrogen (secondary N) is 1. The van der Waals surface area contributed by atoms with Crippen LogP contribution >= 0.6 is 0 Å². The highest BCUT2D eigenvalue weighted by Crippen LogP contribution is 2.51. The quantitative estimate of drug-likeness (QED) is 0.763. The van der Waals surface area contributed by atoms with Gasteiger partial charge in [0.25, 0.3) is 0 Å². The van der Waals surface area contributed by atoms with Gasteiger partial charge in [-0.15, -0.1) is 0 Å². The Morgan fingerprint density at radius 3 is 2.64 bits per heavy atom. The maximum Gasteiger partial charge on any atom is 0.316 e. The fourth-order valence-electron chi connectivity index (χ4n) is 1.68. The van der Waals surface area contributed by atoms with Crippen LogP contribution in [0.25, 0.3) is 0 Å². The van der Waals surface area contributed by atoms with Crippen LogP contribution in [0.5, 0.6) is 0 Å². The average molecular weight is 196 g/mol. The van der Waals surface area contributed by atoms with Gasteiger partial charge in [-0.3, -0.25) is 0 Å². The number of rotatable bonds is 4. The lowest BCUT2D eigenvalue weighted by Gasteiger charge is -2.18. The van der Waals surface area contributed by atoms with Crippen LogP contribution in [0.15, 0.2) is 4.42 Å². The van der Waals surface area contributed by atoms with E-state index in [2.05, 4.69) is 29.4 Å². The fourth-order valence-corrected chi connectivity index (χ4v) is 1.68. The molecule has 0 spiro atoms. The van der Waals surface area contributed by atoms with Crippen LogP contribution in [-0.4, -0.2) is 16.7 Å². The predicted molar refractivity (Wildman–Crippen MR) is 53.7 cm³/mol. The molecule has 1 aliphatic rings. The van der Waals surface area contributed by atoms with Gasteiger partial charge in [0, 0.05) is 6.54 Å². The Morgan fingerprint density at radius 2 is 2.21 bits per heavy atom. The summed E-state index contributed by atoms with van der Waals surface area (Å²) in [5, 5.41) is 10.5. The summed E-state index contributed by atoms with van der Waals surface area (Å²) in [6.45, 7) is 5.39. The van der Waals surface area contributed by atoms with Crippen LogP contribution < -0.4 is 11.1 Å². The van der Waals surface area contributed by atoms with E-state index in [4.69, 9.17) is 10.2 Å². The van der Waals surface area contributed by atoms with Crippen molar-refractivity contribution in [3.05, 3.63) is 0 Å². The summed E-state index contributed by atoms with van der Waals surface area (Å²) in [5.74, 6) is 0.690. The first-order chi connectivity index (χ1) is 6.62. The highest BCUT2D eigenvalue weighted by atomic mass is 16.4. The summed E-state index contributed by atoms with van der Waals surface area (Å²) in [6, 6.07) is 0.538. The largest absolute Gasteiger partial charge is 0.390 e. The molecule has 0 radical (unpaired) electrons. The Hall–Kier alpha value is -1.26. The summed E-state index contributed by atoms with van der Waals surface area (Å²) in [6.07, 6.45) is 2.56. The monoisotopic (exact) mass is 196 g/mol. The van der Waals surface area contributed by atoms with Crippen molar-refractivity contribution in [2.45, 2.75) is 26.7 Å². The second kappa shape index (κ2) is 3.15. The van der Waals surface area contributed by atoms with E-state index in [-0.39, 0.29) is 6.01 Å². The number of anilines is 2. The maximum atomic E-state index is 5.31. The number of aromatic nitrogens is 2. The first-order valence-corrected chi connectivity index (χ1v) is 4.95. The second-order valence-electron chi connectivity index (χ2n) is 4.32. The molecule has 0 atom stereocenters. The Labute approximate surface area is 83.1 Å². The molecule has 1 fully saturated rings. The standard InChI is InChI=1S/C9H16N4O/c1-6(2)9(3-4-9)5-11-8-13-12-7(10)14-8/h6H,3-5H2,1-2H3,(H2,10,12)(H,11,13). The summed E-state index contributed by atoms with van der Waals surface area (Å²) < 4.78 is 5.03. The lowest BCUT2D eigenvalue weighted by atomic mass is 9.92. The molecule has 5 heteroatoms. The molecule has 0 aliphatic heterocycles. The molecule has 1 aromatic rings. The summed E-state index contributed by atoms with van der Waals surface area (Å²) in [5.41, 5.74) is 5.75. The minimum atomic E-state index is 0.113. The van der Waals surface area contributed by atoms with E-state index in [9.17, 15) is 0 Å². The zero-order valence-corrected chi connectivity index (χ0v) is 8.58. The summed E-state index contributed by atoms with van der Waals surface area (Å²) in [7, 11) is 0. The van der Waals surface area contributed by atoms with Gasteiger partial charge in [0.1, 0.15) is 0 Å². The van der Waals surface area contributed by atoms with Crippen molar-refractivity contribution in [2.24, 2.45) is 11.3 Å². The van der Waals surface area contributed by atoms with E-state index in [0.717, 1.165) is 6.54 Å². The van der Waals surface area contributed by atoms with Crippen molar-refractivity contribution < 1.29 is 4.42 Å². The van der Waals surface area contributed by atoms with Gasteiger partial charge in [-0.25, -0.2) is 0 Å². The Bertz CT molecular complexity index is 316. The van der Waals surface area contributed by atoms with Gasteiger partial charge in [-0.1, -0.05) is 24.0 Å². The zero-order chi connectivity index (χ0) is 10.2. The molecule has 3 N–H and O–H groups in total. The number of hydrogen-bond acceptors (Lipinski definition) is 5. The van der Waals surface area contributed by atoms with Gasteiger partial charge in [0.15, 0.2) is 0 Å². The molecule has 5 nitrogen and oxygen atoms in total. The van der Waals surface area contributed by atoms with E-state index in [1.54, 1.807) is 0 Å². The van der Waals surface area contributed by atoms with Crippen LogP contribution in [-0.2, 0) is 0 Å². The summed E-state index contributed by atoms with van der Waals surface area (Å²) >= 11 is 0. The van der Waals surface area contributed by atoms with Crippen LogP contribution in [0.4, 0.5) is 12.0 Å². The van der Waals surface area contributed by atoms with E-state index >= 15 is 0 Å². The SMILES string of the molecule is CC(C)C1(CNc2nnc(N)o2)CC1. The minimum Gasteiger partial charge on any atom is -0.390 e. The van der Waals surface area contributed by atoms with Crippen molar-refractivity contribution in [1.82, 2.24) is 10.2 Å². The highest BCUT2D eigenvalue weighted by Gasteiger charge is 2.45. The Kier molecular flexibility index (Phi) is 2.09. The third kappa shape index (κ3) is 1.66. The molecule has 1 aromatic heterocycles. The molecule has 1 saturated carbocycles. The van der Waals surface area contributed by atoms with Crippen LogP contribution in [0.3, 0.4) is 0 Å². The van der Waals surface area contributed by atoms with Crippen molar-refractivity contribution >= 4 is 12.0 Å². The zero-order valence-electron chi connectivity index (χ0n) is 8.58. The predicted octanol–water partition coefficient (Wildman–Crippen LogP) is 1.50. The smallest absolute Gasteiger partial charge is 0.316 e. The molecule has 14 heavy (non-hydrogen) atoms.